The van der Waals surface area contributed by atoms with Gasteiger partial charge in [-0.3, -0.25) is 4.79 Å². The normalized spacial score (nSPS) is 13.2. The molecule has 0 saturated carbocycles. The summed E-state index contributed by atoms with van der Waals surface area (Å²) in [4.78, 5) is 11.1. The molecule has 0 radical (unpaired) electrons. The second-order valence-corrected chi connectivity index (χ2v) is 3.89. The molecule has 1 unspecified atom stereocenters. The van der Waals surface area contributed by atoms with Crippen molar-refractivity contribution in [2.24, 2.45) is 11.3 Å². The molecule has 0 aromatic carbocycles. The Morgan fingerprint density at radius 1 is 1.69 bits per heavy atom. The van der Waals surface area contributed by atoms with Gasteiger partial charge in [-0.1, -0.05) is 13.8 Å². The SMILES string of the molecule is CC(C#N)C(=O)NCC(C)(C)CO. The maximum absolute atomic E-state index is 11.1. The van der Waals surface area contributed by atoms with Gasteiger partial charge in [-0.2, -0.15) is 5.26 Å². The molecule has 0 saturated heterocycles. The van der Waals surface area contributed by atoms with Crippen LogP contribution in [0.2, 0.25) is 0 Å². The van der Waals surface area contributed by atoms with E-state index in [-0.39, 0.29) is 17.9 Å². The fourth-order valence-corrected chi connectivity index (χ4v) is 0.594. The fraction of sp³-hybridized carbons (Fsp3) is 0.778. The highest BCUT2D eigenvalue weighted by atomic mass is 16.3. The topological polar surface area (TPSA) is 73.1 Å². The summed E-state index contributed by atoms with van der Waals surface area (Å²) in [6.07, 6.45) is 0. The quantitative estimate of drug-likeness (QED) is 0.659. The molecule has 1 atom stereocenters. The summed E-state index contributed by atoms with van der Waals surface area (Å²) in [5, 5.41) is 19.9. The maximum Gasteiger partial charge on any atom is 0.237 e. The minimum Gasteiger partial charge on any atom is -0.396 e. The van der Waals surface area contributed by atoms with Gasteiger partial charge in [0.1, 0.15) is 5.92 Å². The number of hydrogen-bond acceptors (Lipinski definition) is 3. The van der Waals surface area contributed by atoms with Crippen LogP contribution in [0, 0.1) is 22.7 Å². The van der Waals surface area contributed by atoms with Crippen molar-refractivity contribution in [1.29, 1.82) is 5.26 Å². The van der Waals surface area contributed by atoms with E-state index in [9.17, 15) is 4.79 Å². The highest BCUT2D eigenvalue weighted by molar-refractivity contribution is 5.80. The molecule has 0 spiro atoms. The van der Waals surface area contributed by atoms with E-state index in [2.05, 4.69) is 5.32 Å². The summed E-state index contributed by atoms with van der Waals surface area (Å²) >= 11 is 0. The van der Waals surface area contributed by atoms with Crippen LogP contribution in [0.25, 0.3) is 0 Å². The molecule has 2 N–H and O–H groups in total. The van der Waals surface area contributed by atoms with Crippen LogP contribution in [-0.4, -0.2) is 24.2 Å². The first-order valence-corrected chi connectivity index (χ1v) is 4.21. The molecule has 0 heterocycles. The van der Waals surface area contributed by atoms with Gasteiger partial charge in [0.2, 0.25) is 5.91 Å². The Bertz CT molecular complexity index is 218. The molecule has 0 rings (SSSR count). The predicted molar refractivity (Wildman–Crippen MR) is 48.7 cm³/mol. The molecule has 4 heteroatoms. The van der Waals surface area contributed by atoms with Crippen LogP contribution < -0.4 is 5.32 Å². The van der Waals surface area contributed by atoms with E-state index < -0.39 is 5.92 Å². The van der Waals surface area contributed by atoms with Crippen LogP contribution in [-0.2, 0) is 4.79 Å². The second-order valence-electron chi connectivity index (χ2n) is 3.89. The van der Waals surface area contributed by atoms with Crippen molar-refractivity contribution >= 4 is 5.91 Å². The Kier molecular flexibility index (Phi) is 4.43. The predicted octanol–water partition coefficient (Wildman–Crippen LogP) is 0.281. The Morgan fingerprint density at radius 3 is 2.62 bits per heavy atom. The van der Waals surface area contributed by atoms with Crippen molar-refractivity contribution in [3.05, 3.63) is 0 Å². The molecule has 0 bridgehead atoms. The smallest absolute Gasteiger partial charge is 0.237 e. The van der Waals surface area contributed by atoms with Crippen LogP contribution in [0.1, 0.15) is 20.8 Å². The molecule has 0 aliphatic rings. The van der Waals surface area contributed by atoms with Gasteiger partial charge >= 0.3 is 0 Å². The van der Waals surface area contributed by atoms with Gasteiger partial charge in [-0.05, 0) is 6.92 Å². The molecule has 13 heavy (non-hydrogen) atoms. The van der Waals surface area contributed by atoms with Crippen LogP contribution >= 0.6 is 0 Å². The zero-order valence-corrected chi connectivity index (χ0v) is 8.29. The Morgan fingerprint density at radius 2 is 2.23 bits per heavy atom. The number of aliphatic hydroxyl groups is 1. The first-order valence-electron chi connectivity index (χ1n) is 4.21. The molecular weight excluding hydrogens is 168 g/mol. The highest BCUT2D eigenvalue weighted by Crippen LogP contribution is 2.11. The van der Waals surface area contributed by atoms with E-state index in [1.54, 1.807) is 6.92 Å². The van der Waals surface area contributed by atoms with E-state index in [0.29, 0.717) is 6.54 Å². The zero-order valence-electron chi connectivity index (χ0n) is 8.29. The van der Waals surface area contributed by atoms with Gasteiger partial charge in [-0.25, -0.2) is 0 Å². The second kappa shape index (κ2) is 4.83. The number of aliphatic hydroxyl groups excluding tert-OH is 1. The maximum atomic E-state index is 11.1. The zero-order chi connectivity index (χ0) is 10.5. The van der Waals surface area contributed by atoms with Crippen molar-refractivity contribution in [3.8, 4) is 6.07 Å². The van der Waals surface area contributed by atoms with E-state index in [0.717, 1.165) is 0 Å². The third-order valence-corrected chi connectivity index (χ3v) is 1.76. The third kappa shape index (κ3) is 4.48. The minimum atomic E-state index is -0.630. The standard InChI is InChI=1S/C9H16N2O2/c1-7(4-10)8(13)11-5-9(2,3)6-12/h7,12H,5-6H2,1-3H3,(H,11,13). The van der Waals surface area contributed by atoms with Gasteiger partial charge in [0.25, 0.3) is 0 Å². The summed E-state index contributed by atoms with van der Waals surface area (Å²) < 4.78 is 0. The highest BCUT2D eigenvalue weighted by Gasteiger charge is 2.19. The van der Waals surface area contributed by atoms with E-state index in [1.165, 1.54) is 0 Å². The first-order chi connectivity index (χ1) is 5.93. The molecule has 1 amide bonds. The molecule has 0 aromatic heterocycles. The number of nitrogens with one attached hydrogen (secondary N) is 1. The van der Waals surface area contributed by atoms with E-state index in [4.69, 9.17) is 10.4 Å². The summed E-state index contributed by atoms with van der Waals surface area (Å²) in [6.45, 7) is 5.61. The van der Waals surface area contributed by atoms with Crippen LogP contribution in [0.4, 0.5) is 0 Å². The van der Waals surface area contributed by atoms with E-state index >= 15 is 0 Å². The third-order valence-electron chi connectivity index (χ3n) is 1.76. The lowest BCUT2D eigenvalue weighted by molar-refractivity contribution is -0.123. The van der Waals surface area contributed by atoms with Gasteiger partial charge in [-0.15, -0.1) is 0 Å². The van der Waals surface area contributed by atoms with Gasteiger partial charge in [0.15, 0.2) is 0 Å². The van der Waals surface area contributed by atoms with Gasteiger partial charge in [0, 0.05) is 18.6 Å². The molecule has 74 valence electrons. The minimum absolute atomic E-state index is 0.00815. The molecule has 0 aromatic rings. The summed E-state index contributed by atoms with van der Waals surface area (Å²) in [7, 11) is 0. The lowest BCUT2D eigenvalue weighted by atomic mass is 9.95. The van der Waals surface area contributed by atoms with Crippen molar-refractivity contribution in [2.75, 3.05) is 13.2 Å². The van der Waals surface area contributed by atoms with Crippen molar-refractivity contribution in [3.63, 3.8) is 0 Å². The number of amides is 1. The van der Waals surface area contributed by atoms with Crippen molar-refractivity contribution < 1.29 is 9.90 Å². The number of nitriles is 1. The Hall–Kier alpha value is -1.08. The number of nitrogens with zero attached hydrogens (tertiary/aromatic N) is 1. The van der Waals surface area contributed by atoms with Crippen molar-refractivity contribution in [1.82, 2.24) is 5.32 Å². The molecule has 0 fully saturated rings. The van der Waals surface area contributed by atoms with Gasteiger partial charge in [0.05, 0.1) is 6.07 Å². The molecule has 0 aliphatic heterocycles. The summed E-state index contributed by atoms with van der Waals surface area (Å²) in [6, 6.07) is 1.84. The average molecular weight is 184 g/mol. The first kappa shape index (κ1) is 11.9. The summed E-state index contributed by atoms with van der Waals surface area (Å²) in [5.41, 5.74) is -0.329. The Labute approximate surface area is 78.6 Å². The largest absolute Gasteiger partial charge is 0.396 e. The number of carbonyl (C=O) groups excluding carboxylic acids is 1. The fourth-order valence-electron chi connectivity index (χ4n) is 0.594. The summed E-state index contributed by atoms with van der Waals surface area (Å²) in [5.74, 6) is -0.918. The number of rotatable bonds is 4. The average Bonchev–Trinajstić information content (AvgIpc) is 2.13. The Balaban J connectivity index is 3.91. The number of carbonyl (C=O) groups is 1. The van der Waals surface area contributed by atoms with Crippen LogP contribution in [0.15, 0.2) is 0 Å². The van der Waals surface area contributed by atoms with E-state index in [1.807, 2.05) is 19.9 Å². The molecule has 0 aliphatic carbocycles. The number of hydrogen-bond donors (Lipinski definition) is 2. The lowest BCUT2D eigenvalue weighted by Gasteiger charge is -2.22. The lowest BCUT2D eigenvalue weighted by Crippen LogP contribution is -2.38. The van der Waals surface area contributed by atoms with Crippen molar-refractivity contribution in [2.45, 2.75) is 20.8 Å². The molecule has 4 nitrogen and oxygen atoms in total. The van der Waals surface area contributed by atoms with Gasteiger partial charge < -0.3 is 10.4 Å². The van der Waals surface area contributed by atoms with Crippen LogP contribution in [0.3, 0.4) is 0 Å². The monoisotopic (exact) mass is 184 g/mol. The van der Waals surface area contributed by atoms with Crippen LogP contribution in [0.5, 0.6) is 0 Å². The molecular formula is C9H16N2O2.